The van der Waals surface area contributed by atoms with Gasteiger partial charge in [-0.3, -0.25) is 4.90 Å². The molecule has 0 amide bonds. The number of furan rings is 1. The zero-order valence-corrected chi connectivity index (χ0v) is 13.2. The second-order valence-electron chi connectivity index (χ2n) is 6.13. The first-order chi connectivity index (χ1) is 9.69. The van der Waals surface area contributed by atoms with Gasteiger partial charge in [-0.05, 0) is 52.5 Å². The third kappa shape index (κ3) is 4.62. The zero-order chi connectivity index (χ0) is 14.4. The summed E-state index contributed by atoms with van der Waals surface area (Å²) in [5.74, 6) is 1.10. The molecule has 114 valence electrons. The van der Waals surface area contributed by atoms with Crippen molar-refractivity contribution in [2.75, 3.05) is 33.7 Å². The maximum absolute atomic E-state index is 5.72. The number of hydrogen-bond acceptors (Lipinski definition) is 4. The second-order valence-corrected chi connectivity index (χ2v) is 6.13. The second kappa shape index (κ2) is 7.81. The van der Waals surface area contributed by atoms with Crippen LogP contribution in [0, 0.1) is 0 Å². The van der Waals surface area contributed by atoms with Gasteiger partial charge in [0.25, 0.3) is 0 Å². The van der Waals surface area contributed by atoms with Crippen LogP contribution >= 0.6 is 0 Å². The van der Waals surface area contributed by atoms with Crippen molar-refractivity contribution in [3.8, 4) is 0 Å². The first kappa shape index (κ1) is 15.5. The summed E-state index contributed by atoms with van der Waals surface area (Å²) in [6.45, 7) is 7.46. The lowest BCUT2D eigenvalue weighted by Crippen LogP contribution is -2.36. The van der Waals surface area contributed by atoms with E-state index in [0.717, 1.165) is 31.9 Å². The van der Waals surface area contributed by atoms with Crippen molar-refractivity contribution >= 4 is 0 Å². The standard InChI is InChI=1S/C16H29N3O/c1-4-7-17-10-14-9-16(20-13-14)12-19-8-5-6-15(19)11-18(2)3/h9,13,15,17H,4-8,10-12H2,1-3H3. The molecule has 4 nitrogen and oxygen atoms in total. The van der Waals surface area contributed by atoms with Gasteiger partial charge in [-0.1, -0.05) is 6.92 Å². The van der Waals surface area contributed by atoms with Crippen LogP contribution in [0.5, 0.6) is 0 Å². The predicted molar refractivity (Wildman–Crippen MR) is 82.7 cm³/mol. The molecule has 0 aliphatic carbocycles. The number of likely N-dealkylation sites (N-methyl/N-ethyl adjacent to an activating group) is 1. The molecule has 1 aliphatic heterocycles. The van der Waals surface area contributed by atoms with Gasteiger partial charge in [0, 0.05) is 24.7 Å². The Morgan fingerprint density at radius 1 is 1.45 bits per heavy atom. The van der Waals surface area contributed by atoms with Crippen LogP contribution in [-0.4, -0.2) is 49.6 Å². The van der Waals surface area contributed by atoms with Crippen LogP contribution in [0.1, 0.15) is 37.5 Å². The summed E-state index contributed by atoms with van der Waals surface area (Å²) >= 11 is 0. The number of likely N-dealkylation sites (tertiary alicyclic amines) is 1. The maximum atomic E-state index is 5.72. The first-order valence-electron chi connectivity index (χ1n) is 7.84. The number of rotatable bonds is 8. The molecule has 1 fully saturated rings. The topological polar surface area (TPSA) is 31.7 Å². The van der Waals surface area contributed by atoms with E-state index in [-0.39, 0.29) is 0 Å². The quantitative estimate of drug-likeness (QED) is 0.740. The Bertz CT molecular complexity index is 389. The minimum absolute atomic E-state index is 0.678. The molecule has 1 unspecified atom stereocenters. The van der Waals surface area contributed by atoms with Crippen molar-refractivity contribution in [2.45, 2.75) is 45.3 Å². The highest BCUT2D eigenvalue weighted by molar-refractivity contribution is 5.13. The third-order valence-corrected chi connectivity index (χ3v) is 3.90. The van der Waals surface area contributed by atoms with E-state index in [1.165, 1.54) is 31.4 Å². The third-order valence-electron chi connectivity index (χ3n) is 3.90. The van der Waals surface area contributed by atoms with Gasteiger partial charge >= 0.3 is 0 Å². The molecule has 20 heavy (non-hydrogen) atoms. The van der Waals surface area contributed by atoms with Crippen molar-refractivity contribution in [1.29, 1.82) is 0 Å². The summed E-state index contributed by atoms with van der Waals surface area (Å²) in [6.07, 6.45) is 5.69. The summed E-state index contributed by atoms with van der Waals surface area (Å²) < 4.78 is 5.72. The summed E-state index contributed by atoms with van der Waals surface area (Å²) in [5, 5.41) is 3.41. The van der Waals surface area contributed by atoms with Gasteiger partial charge in [0.2, 0.25) is 0 Å². The van der Waals surface area contributed by atoms with Crippen LogP contribution in [0.3, 0.4) is 0 Å². The van der Waals surface area contributed by atoms with E-state index < -0.39 is 0 Å². The zero-order valence-electron chi connectivity index (χ0n) is 13.2. The highest BCUT2D eigenvalue weighted by Gasteiger charge is 2.25. The summed E-state index contributed by atoms with van der Waals surface area (Å²) in [6, 6.07) is 2.88. The molecule has 2 heterocycles. The Morgan fingerprint density at radius 3 is 3.05 bits per heavy atom. The molecule has 1 saturated heterocycles. The first-order valence-corrected chi connectivity index (χ1v) is 7.84. The number of nitrogens with zero attached hydrogens (tertiary/aromatic N) is 2. The minimum atomic E-state index is 0.678. The Hall–Kier alpha value is -0.840. The predicted octanol–water partition coefficient (Wildman–Crippen LogP) is 2.31. The molecule has 0 saturated carbocycles. The largest absolute Gasteiger partial charge is 0.468 e. The van der Waals surface area contributed by atoms with Gasteiger partial charge in [0.1, 0.15) is 5.76 Å². The van der Waals surface area contributed by atoms with Crippen LogP contribution in [0.15, 0.2) is 16.7 Å². The summed E-state index contributed by atoms with van der Waals surface area (Å²) in [5.41, 5.74) is 1.26. The van der Waals surface area contributed by atoms with Gasteiger partial charge in [-0.2, -0.15) is 0 Å². The smallest absolute Gasteiger partial charge is 0.118 e. The van der Waals surface area contributed by atoms with Gasteiger partial charge in [-0.25, -0.2) is 0 Å². The fourth-order valence-corrected chi connectivity index (χ4v) is 2.94. The fraction of sp³-hybridized carbons (Fsp3) is 0.750. The molecule has 1 aliphatic rings. The SMILES string of the molecule is CCCNCc1coc(CN2CCCC2CN(C)C)c1. The van der Waals surface area contributed by atoms with E-state index in [2.05, 4.69) is 42.2 Å². The molecule has 0 spiro atoms. The Kier molecular flexibility index (Phi) is 6.07. The molecule has 4 heteroatoms. The van der Waals surface area contributed by atoms with E-state index in [1.807, 2.05) is 6.26 Å². The van der Waals surface area contributed by atoms with Crippen molar-refractivity contribution in [1.82, 2.24) is 15.1 Å². The van der Waals surface area contributed by atoms with Gasteiger partial charge in [-0.15, -0.1) is 0 Å². The molecular weight excluding hydrogens is 250 g/mol. The van der Waals surface area contributed by atoms with Gasteiger partial charge in [0.15, 0.2) is 0 Å². The average Bonchev–Trinajstić information content (AvgIpc) is 3.00. The van der Waals surface area contributed by atoms with Gasteiger partial charge in [0.05, 0.1) is 12.8 Å². The van der Waals surface area contributed by atoms with E-state index in [9.17, 15) is 0 Å². The maximum Gasteiger partial charge on any atom is 0.118 e. The van der Waals surface area contributed by atoms with E-state index in [4.69, 9.17) is 4.42 Å². The molecule has 1 aromatic heterocycles. The lowest BCUT2D eigenvalue weighted by Gasteiger charge is -2.26. The van der Waals surface area contributed by atoms with Crippen molar-refractivity contribution < 1.29 is 4.42 Å². The number of nitrogens with one attached hydrogen (secondary N) is 1. The highest BCUT2D eigenvalue weighted by Crippen LogP contribution is 2.21. The van der Waals surface area contributed by atoms with Crippen molar-refractivity contribution in [2.24, 2.45) is 0 Å². The molecule has 1 aromatic rings. The Balaban J connectivity index is 1.83. The molecule has 0 radical (unpaired) electrons. The van der Waals surface area contributed by atoms with Crippen molar-refractivity contribution in [3.05, 3.63) is 23.7 Å². The van der Waals surface area contributed by atoms with Crippen LogP contribution in [0.25, 0.3) is 0 Å². The lowest BCUT2D eigenvalue weighted by molar-refractivity contribution is 0.189. The van der Waals surface area contributed by atoms with E-state index in [0.29, 0.717) is 6.04 Å². The van der Waals surface area contributed by atoms with E-state index >= 15 is 0 Å². The summed E-state index contributed by atoms with van der Waals surface area (Å²) in [4.78, 5) is 4.84. The summed E-state index contributed by atoms with van der Waals surface area (Å²) in [7, 11) is 4.31. The lowest BCUT2D eigenvalue weighted by atomic mass is 10.2. The molecule has 1 atom stereocenters. The van der Waals surface area contributed by atoms with Crippen LogP contribution < -0.4 is 5.32 Å². The fourth-order valence-electron chi connectivity index (χ4n) is 2.94. The average molecular weight is 279 g/mol. The monoisotopic (exact) mass is 279 g/mol. The molecule has 2 rings (SSSR count). The van der Waals surface area contributed by atoms with Crippen LogP contribution in [0.2, 0.25) is 0 Å². The highest BCUT2D eigenvalue weighted by atomic mass is 16.3. The normalized spacial score (nSPS) is 20.1. The molecule has 0 aromatic carbocycles. The number of hydrogen-bond donors (Lipinski definition) is 1. The van der Waals surface area contributed by atoms with Crippen LogP contribution in [0.4, 0.5) is 0 Å². The minimum Gasteiger partial charge on any atom is -0.468 e. The Morgan fingerprint density at radius 2 is 2.30 bits per heavy atom. The molecular formula is C16H29N3O. The molecule has 1 N–H and O–H groups in total. The van der Waals surface area contributed by atoms with E-state index in [1.54, 1.807) is 0 Å². The van der Waals surface area contributed by atoms with Crippen molar-refractivity contribution in [3.63, 3.8) is 0 Å². The molecule has 0 bridgehead atoms. The van der Waals surface area contributed by atoms with Gasteiger partial charge < -0.3 is 14.6 Å². The van der Waals surface area contributed by atoms with Crippen LogP contribution in [-0.2, 0) is 13.1 Å². The Labute approximate surface area is 123 Å².